The van der Waals surface area contributed by atoms with Gasteiger partial charge in [-0.3, -0.25) is 14.5 Å². The number of nitrogens with zero attached hydrogens (tertiary/aromatic N) is 2. The number of rotatable bonds is 7. The molecule has 2 unspecified atom stereocenters. The van der Waals surface area contributed by atoms with Gasteiger partial charge in [-0.2, -0.15) is 0 Å². The minimum Gasteiger partial charge on any atom is -0.480 e. The van der Waals surface area contributed by atoms with Crippen LogP contribution in [0, 0.1) is 12.3 Å². The van der Waals surface area contributed by atoms with E-state index in [4.69, 9.17) is 9.47 Å². The van der Waals surface area contributed by atoms with Gasteiger partial charge in [0.1, 0.15) is 6.04 Å². The molecule has 7 heteroatoms. The van der Waals surface area contributed by atoms with Crippen LogP contribution >= 0.6 is 0 Å². The molecule has 2 aliphatic rings. The normalized spacial score (nSPS) is 19.9. The molecule has 34 heavy (non-hydrogen) atoms. The van der Waals surface area contributed by atoms with Gasteiger partial charge in [0, 0.05) is 32.1 Å². The number of hydrogen-bond donors (Lipinski definition) is 1. The quantitative estimate of drug-likeness (QED) is 0.658. The van der Waals surface area contributed by atoms with E-state index < -0.39 is 12.0 Å². The van der Waals surface area contributed by atoms with Crippen LogP contribution in [0.2, 0.25) is 0 Å². The molecule has 1 saturated heterocycles. The van der Waals surface area contributed by atoms with Crippen molar-refractivity contribution in [1.29, 1.82) is 0 Å². The Morgan fingerprint density at radius 2 is 1.85 bits per heavy atom. The fourth-order valence-corrected chi connectivity index (χ4v) is 4.79. The summed E-state index contributed by atoms with van der Waals surface area (Å²) in [5.74, 6) is 0.589. The highest BCUT2D eigenvalue weighted by Gasteiger charge is 2.41. The SMILES string of the molecule is Cc1cccc(CN(C(=O)CC(C)(C)C)C2CC(C(=O)O)N(Cc3ccc4c(c3)OCO4)C2)c1. The molecular weight excluding hydrogens is 432 g/mol. The maximum absolute atomic E-state index is 13.4. The van der Waals surface area contributed by atoms with E-state index in [0.717, 1.165) is 16.7 Å². The smallest absolute Gasteiger partial charge is 0.321 e. The number of fused-ring (bicyclic) bond motifs is 1. The summed E-state index contributed by atoms with van der Waals surface area (Å²) in [5.41, 5.74) is 3.00. The zero-order valence-corrected chi connectivity index (χ0v) is 20.4. The monoisotopic (exact) mass is 466 g/mol. The highest BCUT2D eigenvalue weighted by atomic mass is 16.7. The number of carboxylic acids is 1. The van der Waals surface area contributed by atoms with Gasteiger partial charge in [-0.15, -0.1) is 0 Å². The number of likely N-dealkylation sites (tertiary alicyclic amines) is 1. The number of carbonyl (C=O) groups excluding carboxylic acids is 1. The Hall–Kier alpha value is -3.06. The van der Waals surface area contributed by atoms with Crippen LogP contribution in [0.4, 0.5) is 0 Å². The summed E-state index contributed by atoms with van der Waals surface area (Å²) in [4.78, 5) is 29.5. The number of carbonyl (C=O) groups is 2. The molecule has 0 radical (unpaired) electrons. The van der Waals surface area contributed by atoms with Gasteiger partial charge in [-0.05, 0) is 42.0 Å². The molecule has 1 amide bonds. The Morgan fingerprint density at radius 1 is 1.09 bits per heavy atom. The maximum Gasteiger partial charge on any atom is 0.321 e. The largest absolute Gasteiger partial charge is 0.480 e. The Kier molecular flexibility index (Phi) is 6.84. The summed E-state index contributed by atoms with van der Waals surface area (Å²) in [6.45, 7) is 9.84. The van der Waals surface area contributed by atoms with E-state index in [2.05, 4.69) is 26.8 Å². The summed E-state index contributed by atoms with van der Waals surface area (Å²) in [5, 5.41) is 9.98. The van der Waals surface area contributed by atoms with Crippen LogP contribution in [0.25, 0.3) is 0 Å². The first-order valence-corrected chi connectivity index (χ1v) is 11.8. The lowest BCUT2D eigenvalue weighted by Crippen LogP contribution is -2.42. The summed E-state index contributed by atoms with van der Waals surface area (Å²) < 4.78 is 10.9. The lowest BCUT2D eigenvalue weighted by molar-refractivity contribution is -0.142. The van der Waals surface area contributed by atoms with E-state index >= 15 is 0 Å². The van der Waals surface area contributed by atoms with Crippen LogP contribution in [0.3, 0.4) is 0 Å². The summed E-state index contributed by atoms with van der Waals surface area (Å²) in [7, 11) is 0. The van der Waals surface area contributed by atoms with Crippen LogP contribution in [0.15, 0.2) is 42.5 Å². The molecule has 0 aromatic heterocycles. The summed E-state index contributed by atoms with van der Waals surface area (Å²) >= 11 is 0. The maximum atomic E-state index is 13.4. The molecule has 2 aliphatic heterocycles. The van der Waals surface area contributed by atoms with Crippen molar-refractivity contribution >= 4 is 11.9 Å². The van der Waals surface area contributed by atoms with E-state index in [9.17, 15) is 14.7 Å². The van der Waals surface area contributed by atoms with Gasteiger partial charge in [-0.25, -0.2) is 0 Å². The average Bonchev–Trinajstić information content (AvgIpc) is 3.37. The van der Waals surface area contributed by atoms with Crippen molar-refractivity contribution < 1.29 is 24.2 Å². The van der Waals surface area contributed by atoms with E-state index in [1.54, 1.807) is 0 Å². The molecule has 2 atom stereocenters. The van der Waals surface area contributed by atoms with E-state index in [1.807, 2.05) is 53.1 Å². The molecule has 182 valence electrons. The first kappa shape index (κ1) is 24.1. The van der Waals surface area contributed by atoms with Gasteiger partial charge in [0.15, 0.2) is 11.5 Å². The van der Waals surface area contributed by atoms with Crippen LogP contribution in [0.1, 0.15) is 50.3 Å². The van der Waals surface area contributed by atoms with Crippen LogP contribution in [0.5, 0.6) is 11.5 Å². The molecule has 2 aromatic rings. The van der Waals surface area contributed by atoms with Crippen molar-refractivity contribution in [3.05, 3.63) is 59.2 Å². The Bertz CT molecular complexity index is 1060. The average molecular weight is 467 g/mol. The molecule has 2 aromatic carbocycles. The zero-order chi connectivity index (χ0) is 24.5. The van der Waals surface area contributed by atoms with E-state index in [-0.39, 0.29) is 24.2 Å². The Balaban J connectivity index is 1.56. The zero-order valence-electron chi connectivity index (χ0n) is 20.4. The van der Waals surface area contributed by atoms with Gasteiger partial charge >= 0.3 is 5.97 Å². The van der Waals surface area contributed by atoms with Crippen molar-refractivity contribution in [3.63, 3.8) is 0 Å². The fourth-order valence-electron chi connectivity index (χ4n) is 4.79. The predicted molar refractivity (Wildman–Crippen MR) is 129 cm³/mol. The molecule has 0 aliphatic carbocycles. The van der Waals surface area contributed by atoms with Gasteiger partial charge < -0.3 is 19.5 Å². The van der Waals surface area contributed by atoms with E-state index in [1.165, 1.54) is 0 Å². The molecule has 7 nitrogen and oxygen atoms in total. The molecule has 0 saturated carbocycles. The van der Waals surface area contributed by atoms with E-state index in [0.29, 0.717) is 44.0 Å². The van der Waals surface area contributed by atoms with Crippen molar-refractivity contribution in [2.24, 2.45) is 5.41 Å². The first-order chi connectivity index (χ1) is 16.1. The van der Waals surface area contributed by atoms with Gasteiger partial charge in [0.05, 0.1) is 0 Å². The topological polar surface area (TPSA) is 79.3 Å². The minimum absolute atomic E-state index is 0.0630. The van der Waals surface area contributed by atoms with Crippen molar-refractivity contribution in [2.45, 2.75) is 65.7 Å². The number of amides is 1. The summed E-state index contributed by atoms with van der Waals surface area (Å²) in [6.07, 6.45) is 0.816. The van der Waals surface area contributed by atoms with Crippen LogP contribution in [-0.2, 0) is 22.7 Å². The second kappa shape index (κ2) is 9.66. The summed E-state index contributed by atoms with van der Waals surface area (Å²) in [6, 6.07) is 13.0. The third-order valence-corrected chi connectivity index (χ3v) is 6.37. The molecule has 1 fully saturated rings. The third kappa shape index (κ3) is 5.70. The number of hydrogen-bond acceptors (Lipinski definition) is 5. The van der Waals surface area contributed by atoms with Crippen molar-refractivity contribution in [1.82, 2.24) is 9.80 Å². The number of aryl methyl sites for hydroxylation is 1. The second-order valence-corrected chi connectivity index (χ2v) is 10.6. The van der Waals surface area contributed by atoms with Crippen LogP contribution in [-0.4, -0.2) is 52.2 Å². The minimum atomic E-state index is -0.859. The second-order valence-electron chi connectivity index (χ2n) is 10.6. The fraction of sp³-hybridized carbons (Fsp3) is 0.481. The molecular formula is C27H34N2O5. The lowest BCUT2D eigenvalue weighted by Gasteiger charge is -2.32. The molecule has 0 spiro atoms. The molecule has 0 bridgehead atoms. The van der Waals surface area contributed by atoms with Gasteiger partial charge in [0.2, 0.25) is 12.7 Å². The van der Waals surface area contributed by atoms with Crippen molar-refractivity contribution in [2.75, 3.05) is 13.3 Å². The first-order valence-electron chi connectivity index (χ1n) is 11.8. The van der Waals surface area contributed by atoms with Gasteiger partial charge in [0.25, 0.3) is 0 Å². The van der Waals surface area contributed by atoms with Crippen molar-refractivity contribution in [3.8, 4) is 11.5 Å². The lowest BCUT2D eigenvalue weighted by atomic mass is 9.91. The predicted octanol–water partition coefficient (Wildman–Crippen LogP) is 4.22. The third-order valence-electron chi connectivity index (χ3n) is 6.37. The van der Waals surface area contributed by atoms with Crippen LogP contribution < -0.4 is 9.47 Å². The number of aliphatic carboxylic acids is 1. The van der Waals surface area contributed by atoms with Gasteiger partial charge in [-0.1, -0.05) is 56.7 Å². The number of ether oxygens (including phenoxy) is 2. The number of benzene rings is 2. The molecule has 1 N–H and O–H groups in total. The number of carboxylic acid groups (broad SMARTS) is 1. The highest BCUT2D eigenvalue weighted by Crippen LogP contribution is 2.34. The molecule has 4 rings (SSSR count). The molecule has 2 heterocycles. The highest BCUT2D eigenvalue weighted by molar-refractivity contribution is 5.78. The standard InChI is InChI=1S/C27H34N2O5/c1-18-6-5-7-19(10-18)15-29(25(30)13-27(2,3)4)21-12-22(26(31)32)28(16-21)14-20-8-9-23-24(11-20)34-17-33-23/h5-11,21-22H,12-17H2,1-4H3,(H,31,32). The Labute approximate surface area is 201 Å². The Morgan fingerprint density at radius 3 is 2.56 bits per heavy atom.